The minimum atomic E-state index is -0.149. The molecular weight excluding hydrogens is 450 g/mol. The van der Waals surface area contributed by atoms with Crippen molar-refractivity contribution in [3.63, 3.8) is 0 Å². The first-order valence-electron chi connectivity index (χ1n) is 11.2. The van der Waals surface area contributed by atoms with E-state index in [-0.39, 0.29) is 17.6 Å². The lowest BCUT2D eigenvalue weighted by molar-refractivity contribution is -0.113. The van der Waals surface area contributed by atoms with Gasteiger partial charge in [-0.15, -0.1) is 0 Å². The summed E-state index contributed by atoms with van der Waals surface area (Å²) in [5, 5.41) is 6.65. The largest absolute Gasteiger partial charge is 0.379 e. The fourth-order valence-corrected chi connectivity index (χ4v) is 4.42. The molecule has 0 spiro atoms. The van der Waals surface area contributed by atoms with Gasteiger partial charge in [0.15, 0.2) is 5.16 Å². The van der Waals surface area contributed by atoms with E-state index in [9.17, 15) is 9.59 Å². The predicted molar refractivity (Wildman–Crippen MR) is 133 cm³/mol. The van der Waals surface area contributed by atoms with Crippen LogP contribution in [0.15, 0.2) is 66.1 Å². The maximum absolute atomic E-state index is 12.7. The van der Waals surface area contributed by atoms with Crippen molar-refractivity contribution >= 4 is 29.3 Å². The summed E-state index contributed by atoms with van der Waals surface area (Å²) in [5.41, 5.74) is 3.52. The molecule has 2 aromatic carbocycles. The Hall–Kier alpha value is -3.14. The van der Waals surface area contributed by atoms with Gasteiger partial charge >= 0.3 is 0 Å². The molecule has 8 nitrogen and oxygen atoms in total. The Morgan fingerprint density at radius 3 is 2.50 bits per heavy atom. The molecule has 1 aliphatic heterocycles. The van der Waals surface area contributed by atoms with Crippen LogP contribution in [0.25, 0.3) is 0 Å². The summed E-state index contributed by atoms with van der Waals surface area (Å²) in [6.07, 6.45) is 3.54. The van der Waals surface area contributed by atoms with Gasteiger partial charge in [-0.3, -0.25) is 14.5 Å². The van der Waals surface area contributed by atoms with Crippen LogP contribution in [0.4, 0.5) is 5.69 Å². The number of anilines is 1. The molecule has 4 rings (SSSR count). The molecule has 1 fully saturated rings. The smallest absolute Gasteiger partial charge is 0.251 e. The number of nitrogens with zero attached hydrogens (tertiary/aromatic N) is 3. The zero-order chi connectivity index (χ0) is 23.8. The summed E-state index contributed by atoms with van der Waals surface area (Å²) in [6.45, 7) is 4.68. The molecule has 34 heavy (non-hydrogen) atoms. The Labute approximate surface area is 203 Å². The normalized spacial score (nSPS) is 14.0. The van der Waals surface area contributed by atoms with Crippen LogP contribution in [-0.4, -0.2) is 58.3 Å². The average molecular weight is 480 g/mol. The van der Waals surface area contributed by atoms with Gasteiger partial charge in [0.1, 0.15) is 0 Å². The zero-order valence-electron chi connectivity index (χ0n) is 19.2. The number of carbonyl (C=O) groups is 2. The molecule has 1 aromatic heterocycles. The molecule has 0 bridgehead atoms. The van der Waals surface area contributed by atoms with Gasteiger partial charge in [0.25, 0.3) is 5.91 Å². The van der Waals surface area contributed by atoms with Crippen LogP contribution in [-0.2, 0) is 29.7 Å². The third kappa shape index (κ3) is 6.69. The van der Waals surface area contributed by atoms with Crippen molar-refractivity contribution in [2.75, 3.05) is 37.4 Å². The van der Waals surface area contributed by atoms with Gasteiger partial charge < -0.3 is 19.9 Å². The quantitative estimate of drug-likeness (QED) is 0.459. The van der Waals surface area contributed by atoms with Crippen LogP contribution in [0.3, 0.4) is 0 Å². The minimum Gasteiger partial charge on any atom is -0.379 e. The number of nitrogens with one attached hydrogen (secondary N) is 2. The Bertz CT molecular complexity index is 1110. The summed E-state index contributed by atoms with van der Waals surface area (Å²) in [6, 6.07) is 15.1. The van der Waals surface area contributed by atoms with Crippen molar-refractivity contribution in [2.45, 2.75) is 18.2 Å². The van der Waals surface area contributed by atoms with Crippen molar-refractivity contribution in [3.8, 4) is 0 Å². The molecule has 0 atom stereocenters. The third-order valence-electron chi connectivity index (χ3n) is 5.60. The fraction of sp³-hybridized carbons (Fsp3) is 0.320. The third-order valence-corrected chi connectivity index (χ3v) is 6.65. The number of ether oxygens (including phenoxy) is 1. The van der Waals surface area contributed by atoms with E-state index < -0.39 is 0 Å². The summed E-state index contributed by atoms with van der Waals surface area (Å²) in [7, 11) is 1.89. The SMILES string of the molecule is Cn1ccnc1SCC(=O)Nc1ccc(C(=O)NCc2ccccc2CN2CCOCC2)cc1. The zero-order valence-corrected chi connectivity index (χ0v) is 20.0. The van der Waals surface area contributed by atoms with E-state index >= 15 is 0 Å². The number of hydrogen-bond donors (Lipinski definition) is 2. The molecular formula is C25H29N5O3S. The van der Waals surface area contributed by atoms with E-state index in [2.05, 4.69) is 32.7 Å². The summed E-state index contributed by atoms with van der Waals surface area (Å²) in [5.74, 6) is -0.0109. The van der Waals surface area contributed by atoms with Gasteiger partial charge in [-0.1, -0.05) is 36.0 Å². The number of aromatic nitrogens is 2. The van der Waals surface area contributed by atoms with E-state index in [0.29, 0.717) is 17.8 Å². The van der Waals surface area contributed by atoms with Crippen molar-refractivity contribution in [2.24, 2.45) is 7.05 Å². The van der Waals surface area contributed by atoms with Crippen LogP contribution in [0.2, 0.25) is 0 Å². The van der Waals surface area contributed by atoms with Gasteiger partial charge in [-0.2, -0.15) is 0 Å². The second kappa shape index (κ2) is 11.8. The maximum atomic E-state index is 12.7. The predicted octanol–water partition coefficient (Wildman–Crippen LogP) is 2.91. The minimum absolute atomic E-state index is 0.123. The first-order chi connectivity index (χ1) is 16.6. The average Bonchev–Trinajstić information content (AvgIpc) is 3.27. The van der Waals surface area contributed by atoms with E-state index in [1.165, 1.54) is 17.3 Å². The molecule has 2 N–H and O–H groups in total. The van der Waals surface area contributed by atoms with E-state index in [1.54, 1.807) is 30.5 Å². The second-order valence-corrected chi connectivity index (χ2v) is 9.02. The lowest BCUT2D eigenvalue weighted by Gasteiger charge is -2.27. The van der Waals surface area contributed by atoms with E-state index in [4.69, 9.17) is 4.74 Å². The summed E-state index contributed by atoms with van der Waals surface area (Å²) in [4.78, 5) is 31.5. The molecule has 0 radical (unpaired) electrons. The van der Waals surface area contributed by atoms with Gasteiger partial charge in [0.2, 0.25) is 5.91 Å². The van der Waals surface area contributed by atoms with Gasteiger partial charge in [-0.05, 0) is 35.4 Å². The van der Waals surface area contributed by atoms with Gasteiger partial charge in [0.05, 0.1) is 19.0 Å². The molecule has 2 heterocycles. The second-order valence-electron chi connectivity index (χ2n) is 8.07. The first-order valence-corrected chi connectivity index (χ1v) is 12.2. The van der Waals surface area contributed by atoms with Gasteiger partial charge in [-0.25, -0.2) is 4.98 Å². The van der Waals surface area contributed by atoms with Crippen LogP contribution in [0.5, 0.6) is 0 Å². The van der Waals surface area contributed by atoms with E-state index in [1.807, 2.05) is 29.9 Å². The van der Waals surface area contributed by atoms with Crippen molar-refractivity contribution in [1.29, 1.82) is 0 Å². The van der Waals surface area contributed by atoms with Crippen LogP contribution in [0.1, 0.15) is 21.5 Å². The Morgan fingerprint density at radius 2 is 1.79 bits per heavy atom. The lowest BCUT2D eigenvalue weighted by Crippen LogP contribution is -2.36. The number of amides is 2. The highest BCUT2D eigenvalue weighted by Crippen LogP contribution is 2.16. The lowest BCUT2D eigenvalue weighted by atomic mass is 10.1. The van der Waals surface area contributed by atoms with Crippen LogP contribution < -0.4 is 10.6 Å². The van der Waals surface area contributed by atoms with Gasteiger partial charge in [0, 0.05) is 56.9 Å². The number of morpholine rings is 1. The number of rotatable bonds is 9. The number of carbonyl (C=O) groups excluding carboxylic acids is 2. The first kappa shape index (κ1) is 24.0. The molecule has 2 amide bonds. The highest BCUT2D eigenvalue weighted by Gasteiger charge is 2.14. The van der Waals surface area contributed by atoms with Crippen LogP contribution in [0, 0.1) is 0 Å². The highest BCUT2D eigenvalue weighted by atomic mass is 32.2. The Morgan fingerprint density at radius 1 is 1.06 bits per heavy atom. The maximum Gasteiger partial charge on any atom is 0.251 e. The van der Waals surface area contributed by atoms with Crippen molar-refractivity contribution < 1.29 is 14.3 Å². The number of aryl methyl sites for hydroxylation is 1. The van der Waals surface area contributed by atoms with Crippen LogP contribution >= 0.6 is 11.8 Å². The molecule has 0 saturated carbocycles. The standard InChI is InChI=1S/C25H29N5O3S/c1-29-11-10-26-25(29)34-18-23(31)28-22-8-6-19(7-9-22)24(32)27-16-20-4-2-3-5-21(20)17-30-12-14-33-15-13-30/h2-11H,12-18H2,1H3,(H,27,32)(H,28,31). The fourth-order valence-electron chi connectivity index (χ4n) is 3.69. The molecule has 1 aliphatic rings. The van der Waals surface area contributed by atoms with Crippen molar-refractivity contribution in [1.82, 2.24) is 19.8 Å². The topological polar surface area (TPSA) is 88.5 Å². The number of benzene rings is 2. The molecule has 178 valence electrons. The molecule has 0 unspecified atom stereocenters. The molecule has 1 saturated heterocycles. The Balaban J connectivity index is 1.27. The molecule has 9 heteroatoms. The monoisotopic (exact) mass is 479 g/mol. The number of hydrogen-bond acceptors (Lipinski definition) is 6. The number of thioether (sulfide) groups is 1. The summed E-state index contributed by atoms with van der Waals surface area (Å²) < 4.78 is 7.30. The highest BCUT2D eigenvalue weighted by molar-refractivity contribution is 7.99. The summed E-state index contributed by atoms with van der Waals surface area (Å²) >= 11 is 1.37. The molecule has 0 aliphatic carbocycles. The van der Waals surface area contributed by atoms with Crippen molar-refractivity contribution in [3.05, 3.63) is 77.6 Å². The molecule has 3 aromatic rings. The Kier molecular flexibility index (Phi) is 8.35. The van der Waals surface area contributed by atoms with E-state index in [0.717, 1.165) is 43.6 Å². The number of imidazole rings is 1.